The Morgan fingerprint density at radius 2 is 1.65 bits per heavy atom. The Hall–Kier alpha value is -1.05. The monoisotopic (exact) mass is 385 g/mol. The van der Waals surface area contributed by atoms with Crippen molar-refractivity contribution < 1.29 is 14.9 Å². The van der Waals surface area contributed by atoms with Crippen LogP contribution in [0.3, 0.4) is 0 Å². The molecule has 2 atom stereocenters. The van der Waals surface area contributed by atoms with Crippen molar-refractivity contribution in [1.29, 1.82) is 0 Å². The number of piperazine rings is 1. The normalized spacial score (nSPS) is 25.0. The minimum atomic E-state index is -0.480. The van der Waals surface area contributed by atoms with E-state index in [4.69, 9.17) is 4.74 Å². The molecule has 2 aliphatic heterocycles. The molecule has 0 bridgehead atoms. The number of benzene rings is 1. The fraction of sp³-hybridized carbons (Fsp3) is 0.684. The van der Waals surface area contributed by atoms with E-state index in [2.05, 4.69) is 21.9 Å². The van der Waals surface area contributed by atoms with Crippen LogP contribution in [0.25, 0.3) is 0 Å². The maximum absolute atomic E-state index is 10.0. The zero-order chi connectivity index (χ0) is 17.6. The molecule has 2 aliphatic rings. The number of likely N-dealkylation sites (tertiary alicyclic amines) is 1. The Kier molecular flexibility index (Phi) is 8.44. The number of rotatable bonds is 6. The predicted molar refractivity (Wildman–Crippen MR) is 106 cm³/mol. The molecule has 6 nitrogen and oxygen atoms in total. The summed E-state index contributed by atoms with van der Waals surface area (Å²) in [7, 11) is 1.72. The molecule has 0 amide bonds. The van der Waals surface area contributed by atoms with Gasteiger partial charge in [-0.25, -0.2) is 0 Å². The predicted octanol–water partition coefficient (Wildman–Crippen LogP) is 1.75. The van der Waals surface area contributed by atoms with Crippen LogP contribution in [0.1, 0.15) is 25.7 Å². The summed E-state index contributed by atoms with van der Waals surface area (Å²) in [5, 5.41) is 20.0. The van der Waals surface area contributed by atoms with Gasteiger partial charge in [-0.05, 0) is 44.4 Å². The maximum atomic E-state index is 10.0. The standard InChI is InChI=1S/C19H31N3O3.ClH/c1-25-17-7-3-2-6-16(17)21-14-12-20(13-15-21)10-5-11-22-18(23)8-4-9-19(22)24;/h2-3,6-7,18-19,23-24H,4-5,8-15H2,1H3;1H. The average Bonchev–Trinajstić information content (AvgIpc) is 2.65. The van der Waals surface area contributed by atoms with Gasteiger partial charge in [-0.1, -0.05) is 12.1 Å². The molecular weight excluding hydrogens is 354 g/mol. The zero-order valence-electron chi connectivity index (χ0n) is 15.6. The molecule has 0 spiro atoms. The highest BCUT2D eigenvalue weighted by molar-refractivity contribution is 5.85. The van der Waals surface area contributed by atoms with Gasteiger partial charge in [0, 0.05) is 32.7 Å². The molecule has 7 heteroatoms. The van der Waals surface area contributed by atoms with Gasteiger partial charge in [0.25, 0.3) is 0 Å². The van der Waals surface area contributed by atoms with Crippen molar-refractivity contribution in [3.05, 3.63) is 24.3 Å². The van der Waals surface area contributed by atoms with Crippen molar-refractivity contribution in [2.24, 2.45) is 0 Å². The van der Waals surface area contributed by atoms with E-state index < -0.39 is 12.5 Å². The molecule has 2 unspecified atom stereocenters. The smallest absolute Gasteiger partial charge is 0.142 e. The molecule has 2 fully saturated rings. The summed E-state index contributed by atoms with van der Waals surface area (Å²) < 4.78 is 5.47. The van der Waals surface area contributed by atoms with E-state index in [-0.39, 0.29) is 12.4 Å². The van der Waals surface area contributed by atoms with Crippen LogP contribution in [0.2, 0.25) is 0 Å². The quantitative estimate of drug-likeness (QED) is 0.778. The third-order valence-corrected chi connectivity index (χ3v) is 5.38. The highest BCUT2D eigenvalue weighted by atomic mass is 35.5. The first-order valence-corrected chi connectivity index (χ1v) is 9.41. The number of anilines is 1. The summed E-state index contributed by atoms with van der Waals surface area (Å²) in [6.07, 6.45) is 2.47. The number of hydrogen-bond donors (Lipinski definition) is 2. The van der Waals surface area contributed by atoms with E-state index in [1.807, 2.05) is 17.0 Å². The van der Waals surface area contributed by atoms with Crippen molar-refractivity contribution in [3.63, 3.8) is 0 Å². The molecule has 1 aromatic rings. The molecule has 2 heterocycles. The van der Waals surface area contributed by atoms with Gasteiger partial charge in [0.2, 0.25) is 0 Å². The lowest BCUT2D eigenvalue weighted by Gasteiger charge is -2.38. The van der Waals surface area contributed by atoms with E-state index in [0.29, 0.717) is 0 Å². The number of methoxy groups -OCH3 is 1. The molecule has 26 heavy (non-hydrogen) atoms. The zero-order valence-corrected chi connectivity index (χ0v) is 16.4. The topological polar surface area (TPSA) is 59.4 Å². The Labute approximate surface area is 162 Å². The third kappa shape index (κ3) is 5.24. The third-order valence-electron chi connectivity index (χ3n) is 5.38. The van der Waals surface area contributed by atoms with Crippen molar-refractivity contribution in [2.45, 2.75) is 38.1 Å². The van der Waals surface area contributed by atoms with Crippen molar-refractivity contribution in [2.75, 3.05) is 51.3 Å². The summed E-state index contributed by atoms with van der Waals surface area (Å²) in [5.41, 5.74) is 1.17. The first-order chi connectivity index (χ1) is 12.2. The van der Waals surface area contributed by atoms with Crippen LogP contribution < -0.4 is 9.64 Å². The molecule has 0 aromatic heterocycles. The Bertz CT molecular complexity index is 531. The summed E-state index contributed by atoms with van der Waals surface area (Å²) in [6.45, 7) is 5.82. The Morgan fingerprint density at radius 1 is 1.00 bits per heavy atom. The molecule has 2 saturated heterocycles. The highest BCUT2D eigenvalue weighted by Crippen LogP contribution is 2.28. The van der Waals surface area contributed by atoms with Gasteiger partial charge in [-0.15, -0.1) is 12.4 Å². The van der Waals surface area contributed by atoms with Crippen LogP contribution in [0, 0.1) is 0 Å². The lowest BCUT2D eigenvalue weighted by atomic mass is 10.1. The lowest BCUT2D eigenvalue weighted by Crippen LogP contribution is -2.49. The van der Waals surface area contributed by atoms with E-state index >= 15 is 0 Å². The SMILES string of the molecule is COc1ccccc1N1CCN(CCCN2C(O)CCCC2O)CC1.Cl. The summed E-state index contributed by atoms with van der Waals surface area (Å²) >= 11 is 0. The molecule has 148 valence electrons. The fourth-order valence-corrected chi connectivity index (χ4v) is 3.89. The van der Waals surface area contributed by atoms with Crippen LogP contribution in [0.4, 0.5) is 5.69 Å². The van der Waals surface area contributed by atoms with E-state index in [0.717, 1.165) is 70.7 Å². The lowest BCUT2D eigenvalue weighted by molar-refractivity contribution is -0.131. The first-order valence-electron chi connectivity index (χ1n) is 9.41. The molecule has 0 saturated carbocycles. The average molecular weight is 386 g/mol. The van der Waals surface area contributed by atoms with E-state index in [9.17, 15) is 10.2 Å². The second-order valence-corrected chi connectivity index (χ2v) is 6.98. The number of aliphatic hydroxyl groups is 2. The number of aliphatic hydroxyl groups excluding tert-OH is 2. The fourth-order valence-electron chi connectivity index (χ4n) is 3.89. The van der Waals surface area contributed by atoms with Gasteiger partial charge in [0.15, 0.2) is 0 Å². The van der Waals surface area contributed by atoms with Gasteiger partial charge < -0.3 is 19.8 Å². The number of ether oxygens (including phenoxy) is 1. The van der Waals surface area contributed by atoms with Crippen LogP contribution in [0.5, 0.6) is 5.75 Å². The number of piperidine rings is 1. The van der Waals surface area contributed by atoms with Gasteiger partial charge in [0.05, 0.1) is 12.8 Å². The second-order valence-electron chi connectivity index (χ2n) is 6.98. The maximum Gasteiger partial charge on any atom is 0.142 e. The number of nitrogens with zero attached hydrogens (tertiary/aromatic N) is 3. The van der Waals surface area contributed by atoms with Crippen LogP contribution in [-0.4, -0.2) is 78.8 Å². The summed E-state index contributed by atoms with van der Waals surface area (Å²) in [6, 6.07) is 8.19. The van der Waals surface area contributed by atoms with Crippen molar-refractivity contribution in [1.82, 2.24) is 9.80 Å². The summed E-state index contributed by atoms with van der Waals surface area (Å²) in [4.78, 5) is 6.69. The van der Waals surface area contributed by atoms with E-state index in [1.54, 1.807) is 7.11 Å². The van der Waals surface area contributed by atoms with Crippen LogP contribution in [0.15, 0.2) is 24.3 Å². The molecule has 1 aromatic carbocycles. The first kappa shape index (κ1) is 21.3. The highest BCUT2D eigenvalue weighted by Gasteiger charge is 2.27. The number of para-hydroxylation sites is 2. The van der Waals surface area contributed by atoms with E-state index in [1.165, 1.54) is 5.69 Å². The Balaban J connectivity index is 0.00000243. The molecule has 3 rings (SSSR count). The number of halogens is 1. The minimum Gasteiger partial charge on any atom is -0.495 e. The van der Waals surface area contributed by atoms with Crippen LogP contribution in [-0.2, 0) is 0 Å². The molecular formula is C19H32ClN3O3. The van der Waals surface area contributed by atoms with Gasteiger partial charge in [-0.2, -0.15) is 0 Å². The van der Waals surface area contributed by atoms with Gasteiger partial charge in [0.1, 0.15) is 18.2 Å². The second kappa shape index (κ2) is 10.3. The van der Waals surface area contributed by atoms with Crippen molar-refractivity contribution >= 4 is 18.1 Å². The van der Waals surface area contributed by atoms with Gasteiger partial charge in [-0.3, -0.25) is 9.80 Å². The molecule has 0 aliphatic carbocycles. The van der Waals surface area contributed by atoms with Crippen LogP contribution >= 0.6 is 12.4 Å². The molecule has 2 N–H and O–H groups in total. The summed E-state index contributed by atoms with van der Waals surface area (Å²) in [5.74, 6) is 0.934. The Morgan fingerprint density at radius 3 is 2.31 bits per heavy atom. The van der Waals surface area contributed by atoms with Crippen molar-refractivity contribution in [3.8, 4) is 5.75 Å². The largest absolute Gasteiger partial charge is 0.495 e. The van der Waals surface area contributed by atoms with Gasteiger partial charge >= 0.3 is 0 Å². The number of hydrogen-bond acceptors (Lipinski definition) is 6. The minimum absolute atomic E-state index is 0. The molecule has 0 radical (unpaired) electrons.